The number of benzene rings is 1. The fourth-order valence-corrected chi connectivity index (χ4v) is 3.19. The van der Waals surface area contributed by atoms with E-state index < -0.39 is 0 Å². The average molecular weight is 371 g/mol. The van der Waals surface area contributed by atoms with Gasteiger partial charge in [-0.3, -0.25) is 4.79 Å². The summed E-state index contributed by atoms with van der Waals surface area (Å²) in [7, 11) is 0. The van der Waals surface area contributed by atoms with Gasteiger partial charge in [0.1, 0.15) is 5.75 Å². The molecule has 1 aliphatic heterocycles. The van der Waals surface area contributed by atoms with Gasteiger partial charge in [0, 0.05) is 5.69 Å². The largest absolute Gasteiger partial charge is 0.494 e. The number of nitrogens with zero attached hydrogens (tertiary/aromatic N) is 3. The highest BCUT2D eigenvalue weighted by Gasteiger charge is 2.22. The zero-order valence-electron chi connectivity index (χ0n) is 16.4. The maximum Gasteiger partial charge on any atom is 0.278 e. The second kappa shape index (κ2) is 8.99. The molecule has 3 rings (SSSR count). The number of rotatable bonds is 7. The summed E-state index contributed by atoms with van der Waals surface area (Å²) in [5, 5.41) is 14.6. The Balaban J connectivity index is 1.59. The third-order valence-electron chi connectivity index (χ3n) is 4.87. The lowest BCUT2D eigenvalue weighted by Crippen LogP contribution is -2.30. The number of hydrogen-bond acceptors (Lipinski definition) is 5. The molecule has 1 saturated heterocycles. The van der Waals surface area contributed by atoms with Crippen molar-refractivity contribution >= 4 is 11.6 Å². The smallest absolute Gasteiger partial charge is 0.278 e. The fraction of sp³-hybridized carbons (Fsp3) is 0.550. The van der Waals surface area contributed by atoms with E-state index in [0.29, 0.717) is 29.9 Å². The first-order valence-electron chi connectivity index (χ1n) is 9.71. The molecule has 7 nitrogen and oxygen atoms in total. The van der Waals surface area contributed by atoms with Crippen molar-refractivity contribution in [1.29, 1.82) is 0 Å². The molecule has 7 heteroatoms. The second-order valence-electron chi connectivity index (χ2n) is 7.46. The van der Waals surface area contributed by atoms with Gasteiger partial charge >= 0.3 is 0 Å². The van der Waals surface area contributed by atoms with Crippen LogP contribution in [0.25, 0.3) is 0 Å². The zero-order valence-corrected chi connectivity index (χ0v) is 16.4. The number of anilines is 1. The van der Waals surface area contributed by atoms with Crippen molar-refractivity contribution in [2.75, 3.05) is 25.0 Å². The van der Waals surface area contributed by atoms with Crippen LogP contribution in [0.1, 0.15) is 55.3 Å². The molecule has 146 valence electrons. The lowest BCUT2D eigenvalue weighted by atomic mass is 10.1. The van der Waals surface area contributed by atoms with Crippen molar-refractivity contribution in [1.82, 2.24) is 20.3 Å². The van der Waals surface area contributed by atoms with Gasteiger partial charge < -0.3 is 15.4 Å². The molecule has 0 aliphatic carbocycles. The quantitative estimate of drug-likeness (QED) is 0.781. The SMILES string of the molecule is Cc1c(C(=O)Nc2ccc(OCCC(C)C)cc2)nnn1C1CCNCC1. The minimum atomic E-state index is -0.235. The molecule has 1 aromatic heterocycles. The van der Waals surface area contributed by atoms with E-state index in [1.807, 2.05) is 35.9 Å². The third kappa shape index (κ3) is 5.07. The van der Waals surface area contributed by atoms with Crippen molar-refractivity contribution in [3.8, 4) is 5.75 Å². The molecule has 0 atom stereocenters. The van der Waals surface area contributed by atoms with Gasteiger partial charge in [-0.15, -0.1) is 5.10 Å². The van der Waals surface area contributed by atoms with E-state index in [0.717, 1.165) is 43.8 Å². The van der Waals surface area contributed by atoms with Crippen LogP contribution in [0.2, 0.25) is 0 Å². The number of carbonyl (C=O) groups is 1. The van der Waals surface area contributed by atoms with Crippen molar-refractivity contribution < 1.29 is 9.53 Å². The van der Waals surface area contributed by atoms with Crippen LogP contribution in [0, 0.1) is 12.8 Å². The standard InChI is InChI=1S/C20H29N5O2/c1-14(2)10-13-27-18-6-4-16(5-7-18)22-20(26)19-15(3)25(24-23-19)17-8-11-21-12-9-17/h4-7,14,17,21H,8-13H2,1-3H3,(H,22,26). The molecule has 1 aromatic carbocycles. The average Bonchev–Trinajstić information content (AvgIpc) is 3.05. The van der Waals surface area contributed by atoms with E-state index in [4.69, 9.17) is 4.74 Å². The molecule has 1 aliphatic rings. The summed E-state index contributed by atoms with van der Waals surface area (Å²) in [5.74, 6) is 1.19. The van der Waals surface area contributed by atoms with Crippen LogP contribution >= 0.6 is 0 Å². The Morgan fingerprint density at radius 2 is 2.00 bits per heavy atom. The van der Waals surface area contributed by atoms with Crippen molar-refractivity contribution in [2.24, 2.45) is 5.92 Å². The summed E-state index contributed by atoms with van der Waals surface area (Å²) >= 11 is 0. The van der Waals surface area contributed by atoms with Gasteiger partial charge in [0.25, 0.3) is 5.91 Å². The van der Waals surface area contributed by atoms with E-state index in [2.05, 4.69) is 34.8 Å². The summed E-state index contributed by atoms with van der Waals surface area (Å²) in [5.41, 5.74) is 1.91. The lowest BCUT2D eigenvalue weighted by molar-refractivity contribution is 0.102. The van der Waals surface area contributed by atoms with Gasteiger partial charge in [0.15, 0.2) is 5.69 Å². The van der Waals surface area contributed by atoms with E-state index in [-0.39, 0.29) is 5.91 Å². The second-order valence-corrected chi connectivity index (χ2v) is 7.46. The highest BCUT2D eigenvalue weighted by molar-refractivity contribution is 6.03. The maximum absolute atomic E-state index is 12.6. The van der Waals surface area contributed by atoms with Crippen molar-refractivity contribution in [3.05, 3.63) is 35.7 Å². The lowest BCUT2D eigenvalue weighted by Gasteiger charge is -2.23. The van der Waals surface area contributed by atoms with Gasteiger partial charge in [-0.25, -0.2) is 4.68 Å². The minimum Gasteiger partial charge on any atom is -0.494 e. The number of hydrogen-bond donors (Lipinski definition) is 2. The molecule has 0 saturated carbocycles. The van der Waals surface area contributed by atoms with Gasteiger partial charge in [0.05, 0.1) is 18.3 Å². The molecule has 2 aromatic rings. The molecular formula is C20H29N5O2. The summed E-state index contributed by atoms with van der Waals surface area (Å²) < 4.78 is 7.60. The number of nitrogens with one attached hydrogen (secondary N) is 2. The van der Waals surface area contributed by atoms with Crippen LogP contribution in [0.15, 0.2) is 24.3 Å². The van der Waals surface area contributed by atoms with Crippen LogP contribution in [0.5, 0.6) is 5.75 Å². The molecular weight excluding hydrogens is 342 g/mol. The number of aromatic nitrogens is 3. The predicted molar refractivity (Wildman–Crippen MR) is 105 cm³/mol. The summed E-state index contributed by atoms with van der Waals surface area (Å²) in [6.07, 6.45) is 3.03. The van der Waals surface area contributed by atoms with Gasteiger partial charge in [-0.05, 0) is 69.5 Å². The monoisotopic (exact) mass is 371 g/mol. The van der Waals surface area contributed by atoms with E-state index in [9.17, 15) is 4.79 Å². The van der Waals surface area contributed by atoms with Crippen molar-refractivity contribution in [3.63, 3.8) is 0 Å². The number of piperidine rings is 1. The van der Waals surface area contributed by atoms with E-state index in [1.165, 1.54) is 0 Å². The molecule has 1 amide bonds. The first-order valence-corrected chi connectivity index (χ1v) is 9.71. The molecule has 0 unspecified atom stereocenters. The van der Waals surface area contributed by atoms with Crippen LogP contribution in [0.3, 0.4) is 0 Å². The minimum absolute atomic E-state index is 0.235. The number of carbonyl (C=O) groups excluding carboxylic acids is 1. The molecule has 0 spiro atoms. The van der Waals surface area contributed by atoms with Crippen LogP contribution in [-0.2, 0) is 0 Å². The first kappa shape index (κ1) is 19.4. The summed E-state index contributed by atoms with van der Waals surface area (Å²) in [6, 6.07) is 7.73. The molecule has 27 heavy (non-hydrogen) atoms. The predicted octanol–water partition coefficient (Wildman–Crippen LogP) is 3.19. The highest BCUT2D eigenvalue weighted by atomic mass is 16.5. The van der Waals surface area contributed by atoms with E-state index in [1.54, 1.807) is 0 Å². The summed E-state index contributed by atoms with van der Waals surface area (Å²) in [6.45, 7) is 8.88. The summed E-state index contributed by atoms with van der Waals surface area (Å²) in [4.78, 5) is 12.6. The first-order chi connectivity index (χ1) is 13.0. The van der Waals surface area contributed by atoms with Gasteiger partial charge in [-0.2, -0.15) is 0 Å². The van der Waals surface area contributed by atoms with Crippen LogP contribution in [-0.4, -0.2) is 40.6 Å². The number of ether oxygens (including phenoxy) is 1. The van der Waals surface area contributed by atoms with E-state index >= 15 is 0 Å². The maximum atomic E-state index is 12.6. The van der Waals surface area contributed by atoms with Gasteiger partial charge in [0.2, 0.25) is 0 Å². The Bertz CT molecular complexity index is 748. The van der Waals surface area contributed by atoms with Crippen molar-refractivity contribution in [2.45, 2.75) is 46.1 Å². The Hall–Kier alpha value is -2.41. The Kier molecular flexibility index (Phi) is 6.45. The molecule has 2 N–H and O–H groups in total. The third-order valence-corrected chi connectivity index (χ3v) is 4.87. The number of amides is 1. The zero-order chi connectivity index (χ0) is 19.2. The Labute approximate surface area is 160 Å². The normalized spacial score (nSPS) is 15.1. The Morgan fingerprint density at radius 3 is 2.67 bits per heavy atom. The molecule has 1 fully saturated rings. The molecule has 2 heterocycles. The Morgan fingerprint density at radius 1 is 1.30 bits per heavy atom. The molecule has 0 bridgehead atoms. The topological polar surface area (TPSA) is 81.1 Å². The van der Waals surface area contributed by atoms with Gasteiger partial charge in [-0.1, -0.05) is 19.1 Å². The van der Waals surface area contributed by atoms with Crippen LogP contribution in [0.4, 0.5) is 5.69 Å². The molecule has 0 radical (unpaired) electrons. The van der Waals surface area contributed by atoms with Crippen LogP contribution < -0.4 is 15.4 Å². The highest BCUT2D eigenvalue weighted by Crippen LogP contribution is 2.21. The fourth-order valence-electron chi connectivity index (χ4n) is 3.19.